The maximum absolute atomic E-state index is 14.8. The summed E-state index contributed by atoms with van der Waals surface area (Å²) in [6, 6.07) is 19.4. The standard InChI is InChI=1S/C31H38FN3O4S/c1-6-24(4)33-31(37)29(19-25-12-8-7-9-13-25)34(20-26-14-10-11-15-27(26)32)30(36)21-35(40(5,38)39)28-17-16-22(2)18-23(28)3/h7-18,24,29H,6,19-21H2,1-5H3,(H,33,37)/t24-,29-/m0/s1. The van der Waals surface area contributed by atoms with E-state index >= 15 is 0 Å². The van der Waals surface area contributed by atoms with Crippen LogP contribution < -0.4 is 9.62 Å². The summed E-state index contributed by atoms with van der Waals surface area (Å²) in [7, 11) is -3.88. The number of hydrogen-bond acceptors (Lipinski definition) is 4. The smallest absolute Gasteiger partial charge is 0.244 e. The first-order valence-corrected chi connectivity index (χ1v) is 15.2. The second-order valence-corrected chi connectivity index (χ2v) is 12.1. The van der Waals surface area contributed by atoms with E-state index in [9.17, 15) is 22.4 Å². The number of rotatable bonds is 12. The molecule has 214 valence electrons. The van der Waals surface area contributed by atoms with Gasteiger partial charge in [-0.25, -0.2) is 12.8 Å². The summed E-state index contributed by atoms with van der Waals surface area (Å²) >= 11 is 0. The number of hydrogen-bond donors (Lipinski definition) is 1. The number of benzene rings is 3. The molecule has 3 aromatic rings. The summed E-state index contributed by atoms with van der Waals surface area (Å²) in [5.74, 6) is -1.52. The van der Waals surface area contributed by atoms with Gasteiger partial charge in [0.25, 0.3) is 0 Å². The Morgan fingerprint density at radius 1 is 0.975 bits per heavy atom. The van der Waals surface area contributed by atoms with Gasteiger partial charge in [0.15, 0.2) is 0 Å². The van der Waals surface area contributed by atoms with Crippen LogP contribution in [-0.4, -0.2) is 50.0 Å². The summed E-state index contributed by atoms with van der Waals surface area (Å²) in [5, 5.41) is 2.96. The average molecular weight is 568 g/mol. The molecule has 3 rings (SSSR count). The number of nitrogens with one attached hydrogen (secondary N) is 1. The van der Waals surface area contributed by atoms with E-state index in [1.807, 2.05) is 57.2 Å². The Labute approximate surface area is 237 Å². The van der Waals surface area contributed by atoms with Crippen molar-refractivity contribution in [3.05, 3.63) is 101 Å². The molecule has 2 atom stereocenters. The molecule has 0 aromatic heterocycles. The van der Waals surface area contributed by atoms with Gasteiger partial charge >= 0.3 is 0 Å². The molecule has 0 bridgehead atoms. The van der Waals surface area contributed by atoms with Crippen molar-refractivity contribution < 1.29 is 22.4 Å². The SMILES string of the molecule is CC[C@H](C)NC(=O)[C@H](Cc1ccccc1)N(Cc1ccccc1F)C(=O)CN(c1ccc(C)cc1C)S(C)(=O)=O. The molecule has 0 saturated carbocycles. The fraction of sp³-hybridized carbons (Fsp3) is 0.355. The van der Waals surface area contributed by atoms with Gasteiger partial charge in [0.1, 0.15) is 18.4 Å². The molecular formula is C31H38FN3O4S. The molecule has 1 N–H and O–H groups in total. The molecule has 0 spiro atoms. The van der Waals surface area contributed by atoms with Crippen molar-refractivity contribution in [1.29, 1.82) is 0 Å². The van der Waals surface area contributed by atoms with Crippen molar-refractivity contribution in [1.82, 2.24) is 10.2 Å². The van der Waals surface area contributed by atoms with Crippen LogP contribution in [0, 0.1) is 19.7 Å². The Morgan fingerprint density at radius 2 is 1.62 bits per heavy atom. The zero-order chi connectivity index (χ0) is 29.4. The molecule has 0 radical (unpaired) electrons. The second kappa shape index (κ2) is 13.6. The van der Waals surface area contributed by atoms with Gasteiger partial charge in [-0.1, -0.05) is 73.2 Å². The van der Waals surface area contributed by atoms with Crippen LogP contribution >= 0.6 is 0 Å². The maximum atomic E-state index is 14.8. The lowest BCUT2D eigenvalue weighted by molar-refractivity contribution is -0.140. The Kier molecular flexibility index (Phi) is 10.5. The summed E-state index contributed by atoms with van der Waals surface area (Å²) in [6.07, 6.45) is 1.89. The maximum Gasteiger partial charge on any atom is 0.244 e. The van der Waals surface area contributed by atoms with Gasteiger partial charge in [-0.3, -0.25) is 13.9 Å². The lowest BCUT2D eigenvalue weighted by Crippen LogP contribution is -2.54. The number of anilines is 1. The number of nitrogens with zero attached hydrogens (tertiary/aromatic N) is 2. The summed E-state index contributed by atoms with van der Waals surface area (Å²) < 4.78 is 41.7. The van der Waals surface area contributed by atoms with E-state index in [0.29, 0.717) is 17.7 Å². The summed E-state index contributed by atoms with van der Waals surface area (Å²) in [4.78, 5) is 29.0. The first-order chi connectivity index (χ1) is 18.9. The van der Waals surface area contributed by atoms with Crippen LogP contribution in [0.25, 0.3) is 0 Å². The predicted octanol–water partition coefficient (Wildman–Crippen LogP) is 4.76. The molecule has 0 saturated heterocycles. The third-order valence-electron chi connectivity index (χ3n) is 6.87. The molecule has 0 aliphatic rings. The van der Waals surface area contributed by atoms with E-state index in [2.05, 4.69) is 5.32 Å². The van der Waals surface area contributed by atoms with Gasteiger partial charge < -0.3 is 10.2 Å². The molecule has 7 nitrogen and oxygen atoms in total. The Hall–Kier alpha value is -3.72. The van der Waals surface area contributed by atoms with Crippen LogP contribution in [-0.2, 0) is 32.6 Å². The van der Waals surface area contributed by atoms with Crippen LogP contribution in [0.5, 0.6) is 0 Å². The number of carbonyl (C=O) groups excluding carboxylic acids is 2. The normalized spacial score (nSPS) is 12.8. The van der Waals surface area contributed by atoms with Gasteiger partial charge in [0.05, 0.1) is 11.9 Å². The highest BCUT2D eigenvalue weighted by molar-refractivity contribution is 7.92. The van der Waals surface area contributed by atoms with E-state index in [4.69, 9.17) is 0 Å². The van der Waals surface area contributed by atoms with Crippen molar-refractivity contribution in [2.75, 3.05) is 17.1 Å². The van der Waals surface area contributed by atoms with Crippen molar-refractivity contribution >= 4 is 27.5 Å². The highest BCUT2D eigenvalue weighted by atomic mass is 32.2. The van der Waals surface area contributed by atoms with Crippen LogP contribution in [0.15, 0.2) is 72.8 Å². The van der Waals surface area contributed by atoms with Crippen molar-refractivity contribution in [3.8, 4) is 0 Å². The Bertz CT molecular complexity index is 1430. The van der Waals surface area contributed by atoms with E-state index < -0.39 is 34.3 Å². The number of halogens is 1. The number of amides is 2. The van der Waals surface area contributed by atoms with Crippen LogP contribution in [0.4, 0.5) is 10.1 Å². The van der Waals surface area contributed by atoms with Gasteiger partial charge in [0.2, 0.25) is 21.8 Å². The molecule has 3 aromatic carbocycles. The molecule has 0 aliphatic carbocycles. The van der Waals surface area contributed by atoms with Gasteiger partial charge in [-0.15, -0.1) is 0 Å². The topological polar surface area (TPSA) is 86.8 Å². The van der Waals surface area contributed by atoms with Gasteiger partial charge in [0, 0.05) is 24.6 Å². The minimum atomic E-state index is -3.88. The molecule has 0 aliphatic heterocycles. The van der Waals surface area contributed by atoms with Crippen LogP contribution in [0.3, 0.4) is 0 Å². The molecule has 40 heavy (non-hydrogen) atoms. The van der Waals surface area contributed by atoms with Crippen LogP contribution in [0.1, 0.15) is 42.5 Å². The summed E-state index contributed by atoms with van der Waals surface area (Å²) in [5.41, 5.74) is 3.05. The lowest BCUT2D eigenvalue weighted by atomic mass is 10.0. The van der Waals surface area contributed by atoms with Gasteiger partial charge in [-0.05, 0) is 50.5 Å². The van der Waals surface area contributed by atoms with Crippen molar-refractivity contribution in [2.45, 2.75) is 59.2 Å². The zero-order valence-electron chi connectivity index (χ0n) is 23.7. The third kappa shape index (κ3) is 8.14. The van der Waals surface area contributed by atoms with E-state index in [0.717, 1.165) is 21.7 Å². The van der Waals surface area contributed by atoms with Crippen molar-refractivity contribution in [3.63, 3.8) is 0 Å². The molecular weight excluding hydrogens is 529 g/mol. The van der Waals surface area contributed by atoms with E-state index in [-0.39, 0.29) is 30.5 Å². The predicted molar refractivity (Wildman–Crippen MR) is 157 cm³/mol. The molecule has 0 unspecified atom stereocenters. The quantitative estimate of drug-likeness (QED) is 0.342. The molecule has 0 heterocycles. The van der Waals surface area contributed by atoms with Crippen molar-refractivity contribution in [2.24, 2.45) is 0 Å². The van der Waals surface area contributed by atoms with Gasteiger partial charge in [-0.2, -0.15) is 0 Å². The molecule has 9 heteroatoms. The minimum absolute atomic E-state index is 0.154. The first kappa shape index (κ1) is 30.8. The molecule has 0 fully saturated rings. The monoisotopic (exact) mass is 567 g/mol. The lowest BCUT2D eigenvalue weighted by Gasteiger charge is -2.34. The second-order valence-electron chi connectivity index (χ2n) is 10.2. The number of sulfonamides is 1. The van der Waals surface area contributed by atoms with Crippen LogP contribution in [0.2, 0.25) is 0 Å². The number of aryl methyl sites for hydroxylation is 2. The highest BCUT2D eigenvalue weighted by Gasteiger charge is 2.34. The Morgan fingerprint density at radius 3 is 2.23 bits per heavy atom. The van der Waals surface area contributed by atoms with E-state index in [1.54, 1.807) is 37.3 Å². The minimum Gasteiger partial charge on any atom is -0.352 e. The first-order valence-electron chi connectivity index (χ1n) is 13.3. The average Bonchev–Trinajstić information content (AvgIpc) is 2.90. The molecule has 2 amide bonds. The fourth-order valence-electron chi connectivity index (χ4n) is 4.49. The van der Waals surface area contributed by atoms with E-state index in [1.165, 1.54) is 11.0 Å². The number of carbonyl (C=O) groups is 2. The largest absolute Gasteiger partial charge is 0.352 e. The third-order valence-corrected chi connectivity index (χ3v) is 8.00. The zero-order valence-corrected chi connectivity index (χ0v) is 24.5. The highest BCUT2D eigenvalue weighted by Crippen LogP contribution is 2.25. The fourth-order valence-corrected chi connectivity index (χ4v) is 5.39. The Balaban J connectivity index is 2.09. The summed E-state index contributed by atoms with van der Waals surface area (Å²) in [6.45, 7) is 6.73.